The van der Waals surface area contributed by atoms with Crippen LogP contribution in [0.5, 0.6) is 5.75 Å². The molecule has 3 rings (SSSR count). The average molecular weight is 275 g/mol. The van der Waals surface area contributed by atoms with E-state index in [1.165, 1.54) is 18.9 Å². The van der Waals surface area contributed by atoms with E-state index in [2.05, 4.69) is 10.3 Å². The Bertz CT molecular complexity index is 593. The summed E-state index contributed by atoms with van der Waals surface area (Å²) in [4.78, 5) is 4.02. The molecule has 1 aromatic heterocycles. The van der Waals surface area contributed by atoms with Crippen LogP contribution in [0.1, 0.15) is 24.1 Å². The van der Waals surface area contributed by atoms with E-state index >= 15 is 0 Å². The number of rotatable bonds is 6. The van der Waals surface area contributed by atoms with E-state index in [-0.39, 0.29) is 5.82 Å². The molecule has 5 heteroatoms. The molecule has 1 fully saturated rings. The summed E-state index contributed by atoms with van der Waals surface area (Å²) in [6.07, 6.45) is 5.91. The summed E-state index contributed by atoms with van der Waals surface area (Å²) in [6.45, 7) is 1.07. The first kappa shape index (κ1) is 13.1. The van der Waals surface area contributed by atoms with Crippen LogP contribution in [-0.4, -0.2) is 15.6 Å². The number of halogens is 1. The molecule has 1 heterocycles. The molecular weight excluding hydrogens is 257 g/mol. The third-order valence-electron chi connectivity index (χ3n) is 3.41. The van der Waals surface area contributed by atoms with Gasteiger partial charge < -0.3 is 14.6 Å². The minimum atomic E-state index is -0.264. The van der Waals surface area contributed by atoms with Gasteiger partial charge in [0.15, 0.2) is 0 Å². The van der Waals surface area contributed by atoms with Crippen LogP contribution < -0.4 is 10.1 Å². The second-order valence-electron chi connectivity index (χ2n) is 5.23. The summed E-state index contributed by atoms with van der Waals surface area (Å²) in [6, 6.07) is 5.45. The molecule has 0 spiro atoms. The number of ether oxygens (including phenoxy) is 1. The van der Waals surface area contributed by atoms with Gasteiger partial charge in [-0.2, -0.15) is 0 Å². The smallest absolute Gasteiger partial charge is 0.130 e. The number of aryl methyl sites for hydroxylation is 1. The van der Waals surface area contributed by atoms with E-state index in [1.54, 1.807) is 18.6 Å². The standard InChI is InChI=1S/C15H18FN3O/c1-19-10-17-8-14(19)9-20-15-5-11(4-12(16)6-15)7-18-13-2-3-13/h4-6,8,10,13,18H,2-3,7,9H2,1H3. The summed E-state index contributed by atoms with van der Waals surface area (Å²) in [5.74, 6) is 0.291. The Morgan fingerprint density at radius 1 is 1.40 bits per heavy atom. The fourth-order valence-corrected chi connectivity index (χ4v) is 2.04. The van der Waals surface area contributed by atoms with Crippen molar-refractivity contribution in [2.45, 2.75) is 32.0 Å². The number of imidazole rings is 1. The lowest BCUT2D eigenvalue weighted by Gasteiger charge is -2.09. The van der Waals surface area contributed by atoms with E-state index in [4.69, 9.17) is 4.74 Å². The van der Waals surface area contributed by atoms with Crippen molar-refractivity contribution in [2.24, 2.45) is 7.05 Å². The lowest BCUT2D eigenvalue weighted by atomic mass is 10.2. The van der Waals surface area contributed by atoms with E-state index < -0.39 is 0 Å². The van der Waals surface area contributed by atoms with Crippen molar-refractivity contribution < 1.29 is 9.13 Å². The predicted molar refractivity (Wildman–Crippen MR) is 73.8 cm³/mol. The van der Waals surface area contributed by atoms with Gasteiger partial charge >= 0.3 is 0 Å². The molecule has 0 atom stereocenters. The summed E-state index contributed by atoms with van der Waals surface area (Å²) >= 11 is 0. The fraction of sp³-hybridized carbons (Fsp3) is 0.400. The Morgan fingerprint density at radius 2 is 2.25 bits per heavy atom. The molecule has 20 heavy (non-hydrogen) atoms. The zero-order valence-electron chi connectivity index (χ0n) is 11.5. The molecule has 0 amide bonds. The Balaban J connectivity index is 1.64. The molecule has 1 aliphatic rings. The van der Waals surface area contributed by atoms with Crippen molar-refractivity contribution >= 4 is 0 Å². The van der Waals surface area contributed by atoms with Gasteiger partial charge in [0.25, 0.3) is 0 Å². The molecule has 0 bridgehead atoms. The SMILES string of the molecule is Cn1cncc1COc1cc(F)cc(CNC2CC2)c1. The Kier molecular flexibility index (Phi) is 3.69. The van der Waals surface area contributed by atoms with Crippen LogP contribution in [0.25, 0.3) is 0 Å². The number of aromatic nitrogens is 2. The molecule has 4 nitrogen and oxygen atoms in total. The van der Waals surface area contributed by atoms with Gasteiger partial charge in [0.2, 0.25) is 0 Å². The van der Waals surface area contributed by atoms with Crippen LogP contribution in [0.15, 0.2) is 30.7 Å². The summed E-state index contributed by atoms with van der Waals surface area (Å²) in [7, 11) is 1.91. The highest BCUT2D eigenvalue weighted by Gasteiger charge is 2.20. The number of benzene rings is 1. The third kappa shape index (κ3) is 3.36. The topological polar surface area (TPSA) is 39.1 Å². The number of hydrogen-bond donors (Lipinski definition) is 1. The van der Waals surface area contributed by atoms with Gasteiger partial charge in [-0.15, -0.1) is 0 Å². The highest BCUT2D eigenvalue weighted by Crippen LogP contribution is 2.21. The maximum Gasteiger partial charge on any atom is 0.130 e. The van der Waals surface area contributed by atoms with E-state index in [9.17, 15) is 4.39 Å². The van der Waals surface area contributed by atoms with Crippen molar-refractivity contribution in [3.05, 3.63) is 47.8 Å². The summed E-state index contributed by atoms with van der Waals surface area (Å²) in [5, 5.41) is 3.37. The molecule has 0 unspecified atom stereocenters. The first-order valence-electron chi connectivity index (χ1n) is 6.81. The van der Waals surface area contributed by atoms with Crippen molar-refractivity contribution in [1.82, 2.24) is 14.9 Å². The monoisotopic (exact) mass is 275 g/mol. The van der Waals surface area contributed by atoms with Crippen molar-refractivity contribution in [3.8, 4) is 5.75 Å². The minimum absolute atomic E-state index is 0.264. The molecule has 0 aliphatic heterocycles. The highest BCUT2D eigenvalue weighted by molar-refractivity contribution is 5.30. The molecule has 1 saturated carbocycles. The van der Waals surface area contributed by atoms with E-state index in [1.807, 2.05) is 17.7 Å². The lowest BCUT2D eigenvalue weighted by Crippen LogP contribution is -2.15. The van der Waals surface area contributed by atoms with Gasteiger partial charge in [0.1, 0.15) is 18.2 Å². The van der Waals surface area contributed by atoms with Crippen LogP contribution >= 0.6 is 0 Å². The van der Waals surface area contributed by atoms with Crippen molar-refractivity contribution in [2.75, 3.05) is 0 Å². The Labute approximate surface area is 117 Å². The zero-order valence-corrected chi connectivity index (χ0v) is 11.5. The number of nitrogens with one attached hydrogen (secondary N) is 1. The first-order chi connectivity index (χ1) is 9.70. The molecule has 0 saturated heterocycles. The second kappa shape index (κ2) is 5.63. The van der Waals surface area contributed by atoms with Crippen LogP contribution in [0.4, 0.5) is 4.39 Å². The fourth-order valence-electron chi connectivity index (χ4n) is 2.04. The van der Waals surface area contributed by atoms with Crippen LogP contribution in [0.3, 0.4) is 0 Å². The Morgan fingerprint density at radius 3 is 2.95 bits per heavy atom. The second-order valence-corrected chi connectivity index (χ2v) is 5.23. The predicted octanol–water partition coefficient (Wildman–Crippen LogP) is 2.39. The zero-order chi connectivity index (χ0) is 13.9. The maximum absolute atomic E-state index is 13.6. The Hall–Kier alpha value is -1.88. The van der Waals surface area contributed by atoms with E-state index in [0.29, 0.717) is 24.9 Å². The molecular formula is C15H18FN3O. The van der Waals surface area contributed by atoms with Crippen molar-refractivity contribution in [1.29, 1.82) is 0 Å². The molecule has 1 aliphatic carbocycles. The molecule has 0 radical (unpaired) electrons. The van der Waals surface area contributed by atoms with Crippen LogP contribution in [-0.2, 0) is 20.2 Å². The van der Waals surface area contributed by atoms with Gasteiger partial charge in [0.05, 0.1) is 18.2 Å². The van der Waals surface area contributed by atoms with Crippen LogP contribution in [0, 0.1) is 5.82 Å². The van der Waals surface area contributed by atoms with Gasteiger partial charge in [-0.05, 0) is 30.5 Å². The molecule has 2 aromatic rings. The van der Waals surface area contributed by atoms with Gasteiger partial charge in [0, 0.05) is 25.7 Å². The minimum Gasteiger partial charge on any atom is -0.487 e. The van der Waals surface area contributed by atoms with E-state index in [0.717, 1.165) is 11.3 Å². The molecule has 106 valence electrons. The number of nitrogens with zero attached hydrogens (tertiary/aromatic N) is 2. The molecule has 1 aromatic carbocycles. The maximum atomic E-state index is 13.6. The third-order valence-corrected chi connectivity index (χ3v) is 3.41. The van der Waals surface area contributed by atoms with Gasteiger partial charge in [-0.1, -0.05) is 0 Å². The summed E-state index contributed by atoms with van der Waals surface area (Å²) in [5.41, 5.74) is 1.86. The van der Waals surface area contributed by atoms with Crippen molar-refractivity contribution in [3.63, 3.8) is 0 Å². The average Bonchev–Trinajstić information content (AvgIpc) is 3.16. The van der Waals surface area contributed by atoms with Crippen LogP contribution in [0.2, 0.25) is 0 Å². The lowest BCUT2D eigenvalue weighted by molar-refractivity contribution is 0.295. The normalized spacial score (nSPS) is 14.5. The molecule has 1 N–H and O–H groups in total. The highest BCUT2D eigenvalue weighted by atomic mass is 19.1. The quantitative estimate of drug-likeness (QED) is 0.880. The summed E-state index contributed by atoms with van der Waals surface area (Å²) < 4.78 is 21.1. The largest absolute Gasteiger partial charge is 0.487 e. The van der Waals surface area contributed by atoms with Gasteiger partial charge in [-0.3, -0.25) is 0 Å². The number of hydrogen-bond acceptors (Lipinski definition) is 3. The van der Waals surface area contributed by atoms with Gasteiger partial charge in [-0.25, -0.2) is 9.37 Å². The first-order valence-corrected chi connectivity index (χ1v) is 6.81.